The summed E-state index contributed by atoms with van der Waals surface area (Å²) >= 11 is 1.62. The Labute approximate surface area is 229 Å². The van der Waals surface area contributed by atoms with Gasteiger partial charge in [0.15, 0.2) is 0 Å². The molecule has 4 aromatic rings. The van der Waals surface area contributed by atoms with E-state index in [1.165, 1.54) is 16.7 Å². The molecule has 1 unspecified atom stereocenters. The topological polar surface area (TPSA) is 79.5 Å². The third-order valence-corrected chi connectivity index (χ3v) is 8.01. The summed E-state index contributed by atoms with van der Waals surface area (Å²) in [5, 5.41) is 6.56. The molecule has 0 spiro atoms. The van der Waals surface area contributed by atoms with Crippen LogP contribution in [0, 0.1) is 0 Å². The molecule has 1 atom stereocenters. The molecule has 1 aliphatic carbocycles. The monoisotopic (exact) mass is 528 g/mol. The maximum atomic E-state index is 6.51. The highest BCUT2D eigenvalue weighted by atomic mass is 32.1. The SMILES string of the molecule is COc1cc(N(C)CCN(C)C)c(N)cc1Nc1nc(C2=CCCC(C)c3ccccc32)c2ccsc2n1. The van der Waals surface area contributed by atoms with E-state index >= 15 is 0 Å². The third kappa shape index (κ3) is 5.19. The van der Waals surface area contributed by atoms with E-state index in [0.717, 1.165) is 53.2 Å². The molecule has 38 heavy (non-hydrogen) atoms. The summed E-state index contributed by atoms with van der Waals surface area (Å²) in [6.07, 6.45) is 4.47. The van der Waals surface area contributed by atoms with Crippen molar-refractivity contribution in [2.45, 2.75) is 25.7 Å². The maximum Gasteiger partial charge on any atom is 0.229 e. The maximum absolute atomic E-state index is 6.51. The quantitative estimate of drug-likeness (QED) is 0.258. The molecule has 7 nitrogen and oxygen atoms in total. The number of allylic oxidation sites excluding steroid dienone is 1. The van der Waals surface area contributed by atoms with Gasteiger partial charge in [-0.3, -0.25) is 0 Å². The van der Waals surface area contributed by atoms with Gasteiger partial charge in [-0.1, -0.05) is 37.3 Å². The number of nitrogens with two attached hydrogens (primary N) is 1. The Hall–Kier alpha value is -3.62. The van der Waals surface area contributed by atoms with Gasteiger partial charge in [-0.25, -0.2) is 9.97 Å². The second-order valence-electron chi connectivity index (χ2n) is 10.2. The van der Waals surface area contributed by atoms with E-state index in [9.17, 15) is 0 Å². The van der Waals surface area contributed by atoms with Gasteiger partial charge in [0.1, 0.15) is 10.6 Å². The number of hydrogen-bond acceptors (Lipinski definition) is 8. The summed E-state index contributed by atoms with van der Waals surface area (Å²) < 4.78 is 5.76. The van der Waals surface area contributed by atoms with E-state index < -0.39 is 0 Å². The minimum absolute atomic E-state index is 0.499. The minimum Gasteiger partial charge on any atom is -0.494 e. The van der Waals surface area contributed by atoms with Crippen LogP contribution >= 0.6 is 11.3 Å². The number of thiophene rings is 1. The van der Waals surface area contributed by atoms with Crippen LogP contribution in [0.3, 0.4) is 0 Å². The number of nitrogens with zero attached hydrogens (tertiary/aromatic N) is 4. The normalized spacial score (nSPS) is 15.2. The Morgan fingerprint density at radius 1 is 1.11 bits per heavy atom. The molecule has 0 radical (unpaired) electrons. The highest BCUT2D eigenvalue weighted by Crippen LogP contribution is 2.40. The first-order valence-corrected chi connectivity index (χ1v) is 13.9. The largest absolute Gasteiger partial charge is 0.494 e. The molecular weight excluding hydrogens is 492 g/mol. The third-order valence-electron chi connectivity index (χ3n) is 7.20. The lowest BCUT2D eigenvalue weighted by Crippen LogP contribution is -2.29. The van der Waals surface area contributed by atoms with Crippen molar-refractivity contribution >= 4 is 50.1 Å². The van der Waals surface area contributed by atoms with E-state index in [1.807, 2.05) is 19.2 Å². The molecule has 0 saturated heterocycles. The van der Waals surface area contributed by atoms with Gasteiger partial charge >= 0.3 is 0 Å². The van der Waals surface area contributed by atoms with Crippen molar-refractivity contribution in [3.8, 4) is 5.75 Å². The number of likely N-dealkylation sites (N-methyl/N-ethyl adjacent to an activating group) is 2. The van der Waals surface area contributed by atoms with Crippen LogP contribution in [0.25, 0.3) is 15.8 Å². The van der Waals surface area contributed by atoms with Gasteiger partial charge < -0.3 is 25.6 Å². The number of methoxy groups -OCH3 is 1. The number of benzene rings is 2. The van der Waals surface area contributed by atoms with Gasteiger partial charge in [-0.05, 0) is 61.5 Å². The van der Waals surface area contributed by atoms with Crippen LogP contribution in [-0.4, -0.2) is 56.2 Å². The van der Waals surface area contributed by atoms with E-state index in [2.05, 4.69) is 77.9 Å². The number of rotatable bonds is 8. The molecule has 2 aromatic heterocycles. The van der Waals surface area contributed by atoms with Crippen LogP contribution in [0.2, 0.25) is 0 Å². The Balaban J connectivity index is 1.54. The number of anilines is 4. The number of nitrogens with one attached hydrogen (secondary N) is 1. The predicted octanol–water partition coefficient (Wildman–Crippen LogP) is 6.35. The van der Waals surface area contributed by atoms with E-state index in [-0.39, 0.29) is 0 Å². The molecule has 2 heterocycles. The summed E-state index contributed by atoms with van der Waals surface area (Å²) in [7, 11) is 7.84. The van der Waals surface area contributed by atoms with Crippen molar-refractivity contribution in [2.75, 3.05) is 57.3 Å². The number of nitrogen functional groups attached to an aromatic ring is 1. The van der Waals surface area contributed by atoms with Crippen LogP contribution in [0.15, 0.2) is 53.9 Å². The molecular formula is C30H36N6OS. The summed E-state index contributed by atoms with van der Waals surface area (Å²) in [6, 6.07) is 14.7. The molecule has 0 fully saturated rings. The molecule has 1 aliphatic rings. The fraction of sp³-hybridized carbons (Fsp3) is 0.333. The van der Waals surface area contributed by atoms with Crippen LogP contribution in [0.4, 0.5) is 23.0 Å². The lowest BCUT2D eigenvalue weighted by atomic mass is 9.91. The molecule has 5 rings (SSSR count). The highest BCUT2D eigenvalue weighted by Gasteiger charge is 2.22. The predicted molar refractivity (Wildman–Crippen MR) is 161 cm³/mol. The van der Waals surface area contributed by atoms with Crippen LogP contribution < -0.4 is 20.7 Å². The molecule has 8 heteroatoms. The highest BCUT2D eigenvalue weighted by molar-refractivity contribution is 7.16. The van der Waals surface area contributed by atoms with Crippen molar-refractivity contribution in [1.29, 1.82) is 0 Å². The van der Waals surface area contributed by atoms with Crippen molar-refractivity contribution in [3.05, 3.63) is 70.7 Å². The molecule has 3 N–H and O–H groups in total. The number of fused-ring (bicyclic) bond motifs is 2. The molecule has 0 saturated carbocycles. The van der Waals surface area contributed by atoms with Crippen molar-refractivity contribution in [3.63, 3.8) is 0 Å². The number of aromatic nitrogens is 2. The summed E-state index contributed by atoms with van der Waals surface area (Å²) in [6.45, 7) is 4.08. The van der Waals surface area contributed by atoms with Crippen LogP contribution in [-0.2, 0) is 0 Å². The fourth-order valence-electron chi connectivity index (χ4n) is 5.03. The Bertz CT molecular complexity index is 1480. The van der Waals surface area contributed by atoms with E-state index in [1.54, 1.807) is 18.4 Å². The Morgan fingerprint density at radius 2 is 1.92 bits per heavy atom. The average molecular weight is 529 g/mol. The van der Waals surface area contributed by atoms with Gasteiger partial charge in [0.25, 0.3) is 0 Å². The molecule has 0 amide bonds. The van der Waals surface area contributed by atoms with E-state index in [4.69, 9.17) is 20.4 Å². The van der Waals surface area contributed by atoms with Crippen molar-refractivity contribution in [2.24, 2.45) is 0 Å². The lowest BCUT2D eigenvalue weighted by Gasteiger charge is -2.24. The van der Waals surface area contributed by atoms with Gasteiger partial charge in [0.2, 0.25) is 5.95 Å². The first kappa shape index (κ1) is 26.0. The summed E-state index contributed by atoms with van der Waals surface area (Å²) in [5.74, 6) is 1.71. The Kier molecular flexibility index (Phi) is 7.53. The molecule has 198 valence electrons. The fourth-order valence-corrected chi connectivity index (χ4v) is 5.79. The summed E-state index contributed by atoms with van der Waals surface area (Å²) in [4.78, 5) is 15.2. The van der Waals surface area contributed by atoms with Gasteiger partial charge in [-0.15, -0.1) is 11.3 Å². The zero-order valence-electron chi connectivity index (χ0n) is 22.8. The van der Waals surface area contributed by atoms with Gasteiger partial charge in [-0.2, -0.15) is 0 Å². The second kappa shape index (κ2) is 11.0. The Morgan fingerprint density at radius 3 is 2.71 bits per heavy atom. The van der Waals surface area contributed by atoms with Crippen molar-refractivity contribution < 1.29 is 4.74 Å². The number of ether oxygens (including phenoxy) is 1. The van der Waals surface area contributed by atoms with E-state index in [0.29, 0.717) is 23.3 Å². The molecule has 0 aliphatic heterocycles. The van der Waals surface area contributed by atoms with Crippen molar-refractivity contribution in [1.82, 2.24) is 14.9 Å². The van der Waals surface area contributed by atoms with Gasteiger partial charge in [0.05, 0.1) is 29.9 Å². The number of hydrogen-bond donors (Lipinski definition) is 2. The lowest BCUT2D eigenvalue weighted by molar-refractivity contribution is 0.413. The standard InChI is InChI=1S/C30H36N6OS/c1-19-9-8-12-22(21-11-7-6-10-20(19)21)28-23-13-16-38-29(23)34-30(33-28)32-25-17-24(31)26(18-27(25)37-5)36(4)15-14-35(2)3/h6-7,10-13,16-19H,8-9,14-15,31H2,1-5H3,(H,32,33,34). The smallest absolute Gasteiger partial charge is 0.229 e. The summed E-state index contributed by atoms with van der Waals surface area (Å²) in [5.41, 5.74) is 13.6. The first-order chi connectivity index (χ1) is 18.4. The molecule has 2 aromatic carbocycles. The second-order valence-corrected chi connectivity index (χ2v) is 11.1. The average Bonchev–Trinajstić information content (AvgIpc) is 3.31. The van der Waals surface area contributed by atoms with Crippen LogP contribution in [0.5, 0.6) is 5.75 Å². The zero-order chi connectivity index (χ0) is 26.8. The molecule has 0 bridgehead atoms. The van der Waals surface area contributed by atoms with Gasteiger partial charge in [0, 0.05) is 37.2 Å². The van der Waals surface area contributed by atoms with Crippen LogP contribution in [0.1, 0.15) is 42.5 Å². The zero-order valence-corrected chi connectivity index (χ0v) is 23.6. The first-order valence-electron chi connectivity index (χ1n) is 13.0. The minimum atomic E-state index is 0.499.